The molecule has 2 heterocycles. The predicted molar refractivity (Wildman–Crippen MR) is 84.3 cm³/mol. The van der Waals surface area contributed by atoms with Crippen molar-refractivity contribution in [2.24, 2.45) is 5.92 Å². The molecule has 2 amide bonds. The molecular weight excluding hydrogens is 375 g/mol. The molecule has 4 nitrogen and oxygen atoms in total. The lowest BCUT2D eigenvalue weighted by atomic mass is 9.96. The van der Waals surface area contributed by atoms with E-state index in [4.69, 9.17) is 0 Å². The minimum absolute atomic E-state index is 0.0198. The van der Waals surface area contributed by atoms with E-state index < -0.39 is 0 Å². The van der Waals surface area contributed by atoms with Gasteiger partial charge >= 0.3 is 0 Å². The van der Waals surface area contributed by atoms with Crippen molar-refractivity contribution in [2.45, 2.75) is 19.8 Å². The van der Waals surface area contributed by atoms with E-state index in [0.717, 1.165) is 40.9 Å². The summed E-state index contributed by atoms with van der Waals surface area (Å²) in [6.07, 6.45) is 1.93. The van der Waals surface area contributed by atoms with E-state index in [1.165, 1.54) is 6.92 Å². The second kappa shape index (κ2) is 6.69. The molecule has 1 aliphatic rings. The maximum atomic E-state index is 12.2. The average molecular weight is 392 g/mol. The van der Waals surface area contributed by atoms with Crippen molar-refractivity contribution < 1.29 is 9.59 Å². The topological polar surface area (TPSA) is 49.4 Å². The van der Waals surface area contributed by atoms with Crippen molar-refractivity contribution in [1.82, 2.24) is 10.2 Å². The molecule has 0 bridgehead atoms. The van der Waals surface area contributed by atoms with Crippen LogP contribution in [0.15, 0.2) is 11.4 Å². The largest absolute Gasteiger partial charge is 0.356 e. The standard InChI is InChI=1S/C13H17IN2O2S/c1-9(17)15-7-10-2-4-16(5-3-10)13(18)11-6-12(14)19-8-11/h6,8,10H,2-5,7H2,1H3,(H,15,17). The van der Waals surface area contributed by atoms with Gasteiger partial charge in [-0.05, 0) is 47.4 Å². The lowest BCUT2D eigenvalue weighted by molar-refractivity contribution is -0.119. The van der Waals surface area contributed by atoms with E-state index in [1.807, 2.05) is 16.3 Å². The molecule has 6 heteroatoms. The van der Waals surface area contributed by atoms with Crippen LogP contribution in [0, 0.1) is 8.80 Å². The van der Waals surface area contributed by atoms with Crippen LogP contribution in [0.25, 0.3) is 0 Å². The fourth-order valence-electron chi connectivity index (χ4n) is 2.23. The molecule has 0 aliphatic carbocycles. The summed E-state index contributed by atoms with van der Waals surface area (Å²) in [6, 6.07) is 1.94. The molecule has 1 aromatic heterocycles. The van der Waals surface area contributed by atoms with Gasteiger partial charge in [-0.3, -0.25) is 9.59 Å². The minimum atomic E-state index is 0.0198. The normalized spacial score (nSPS) is 16.4. The third-order valence-corrected chi connectivity index (χ3v) is 5.14. The van der Waals surface area contributed by atoms with Gasteiger partial charge in [-0.1, -0.05) is 0 Å². The van der Waals surface area contributed by atoms with Crippen LogP contribution >= 0.6 is 33.9 Å². The second-order valence-corrected chi connectivity index (χ2v) is 7.62. The zero-order valence-electron chi connectivity index (χ0n) is 10.8. The first kappa shape index (κ1) is 14.8. The van der Waals surface area contributed by atoms with Gasteiger partial charge in [0.25, 0.3) is 5.91 Å². The SMILES string of the molecule is CC(=O)NCC1CCN(C(=O)c2csc(I)c2)CC1. The van der Waals surface area contributed by atoms with Crippen LogP contribution in [-0.4, -0.2) is 36.3 Å². The molecule has 1 fully saturated rings. The summed E-state index contributed by atoms with van der Waals surface area (Å²) in [5, 5.41) is 4.78. The molecule has 1 N–H and O–H groups in total. The number of nitrogens with zero attached hydrogens (tertiary/aromatic N) is 1. The third kappa shape index (κ3) is 4.17. The summed E-state index contributed by atoms with van der Waals surface area (Å²) in [4.78, 5) is 25.0. The van der Waals surface area contributed by atoms with E-state index in [9.17, 15) is 9.59 Å². The van der Waals surface area contributed by atoms with Crippen molar-refractivity contribution in [3.05, 3.63) is 19.9 Å². The Hall–Kier alpha value is -0.630. The Bertz CT molecular complexity index is 467. The van der Waals surface area contributed by atoms with Crippen molar-refractivity contribution in [3.8, 4) is 0 Å². The van der Waals surface area contributed by atoms with Gasteiger partial charge in [0.15, 0.2) is 0 Å². The number of likely N-dealkylation sites (tertiary alicyclic amines) is 1. The second-order valence-electron chi connectivity index (χ2n) is 4.81. The van der Waals surface area contributed by atoms with E-state index in [0.29, 0.717) is 5.92 Å². The van der Waals surface area contributed by atoms with Crippen LogP contribution in [0.1, 0.15) is 30.1 Å². The maximum Gasteiger partial charge on any atom is 0.254 e. The number of halogens is 1. The Morgan fingerprint density at radius 3 is 2.68 bits per heavy atom. The zero-order chi connectivity index (χ0) is 13.8. The lowest BCUT2D eigenvalue weighted by Crippen LogP contribution is -2.41. The van der Waals surface area contributed by atoms with Crippen molar-refractivity contribution >= 4 is 45.7 Å². The number of carbonyl (C=O) groups excluding carboxylic acids is 2. The Morgan fingerprint density at radius 2 is 2.16 bits per heavy atom. The highest BCUT2D eigenvalue weighted by Gasteiger charge is 2.24. The van der Waals surface area contributed by atoms with Gasteiger partial charge in [0, 0.05) is 31.9 Å². The molecule has 2 rings (SSSR count). The van der Waals surface area contributed by atoms with Gasteiger partial charge in [-0.25, -0.2) is 0 Å². The number of hydrogen-bond acceptors (Lipinski definition) is 3. The minimum Gasteiger partial charge on any atom is -0.356 e. The summed E-state index contributed by atoms with van der Waals surface area (Å²) in [7, 11) is 0. The molecule has 19 heavy (non-hydrogen) atoms. The fourth-order valence-corrected chi connectivity index (χ4v) is 3.55. The van der Waals surface area contributed by atoms with Gasteiger partial charge in [0.05, 0.1) is 8.45 Å². The summed E-state index contributed by atoms with van der Waals surface area (Å²) in [6.45, 7) is 3.84. The van der Waals surface area contributed by atoms with Crippen molar-refractivity contribution in [2.75, 3.05) is 19.6 Å². The van der Waals surface area contributed by atoms with Crippen LogP contribution < -0.4 is 5.32 Å². The fraction of sp³-hybridized carbons (Fsp3) is 0.538. The number of hydrogen-bond donors (Lipinski definition) is 1. The van der Waals surface area contributed by atoms with Gasteiger partial charge < -0.3 is 10.2 Å². The maximum absolute atomic E-state index is 12.2. The smallest absolute Gasteiger partial charge is 0.254 e. The van der Waals surface area contributed by atoms with E-state index in [-0.39, 0.29) is 11.8 Å². The Balaban J connectivity index is 1.83. The zero-order valence-corrected chi connectivity index (χ0v) is 13.8. The number of rotatable bonds is 3. The molecule has 0 spiro atoms. The predicted octanol–water partition coefficient (Wildman–Crippen LogP) is 2.34. The third-order valence-electron chi connectivity index (χ3n) is 3.36. The molecule has 104 valence electrons. The van der Waals surface area contributed by atoms with Crippen LogP contribution in [0.5, 0.6) is 0 Å². The average Bonchev–Trinajstić information content (AvgIpc) is 2.83. The summed E-state index contributed by atoms with van der Waals surface area (Å²) < 4.78 is 1.14. The molecule has 0 radical (unpaired) electrons. The monoisotopic (exact) mass is 392 g/mol. The van der Waals surface area contributed by atoms with Gasteiger partial charge in [0.1, 0.15) is 0 Å². The molecule has 0 aromatic carbocycles. The first-order valence-corrected chi connectivity index (χ1v) is 8.30. The lowest BCUT2D eigenvalue weighted by Gasteiger charge is -2.31. The first-order valence-electron chi connectivity index (χ1n) is 6.34. The highest BCUT2D eigenvalue weighted by molar-refractivity contribution is 14.1. The van der Waals surface area contributed by atoms with Crippen LogP contribution in [0.3, 0.4) is 0 Å². The Kier molecular flexibility index (Phi) is 5.20. The number of nitrogens with one attached hydrogen (secondary N) is 1. The molecule has 0 atom stereocenters. The van der Waals surface area contributed by atoms with Gasteiger partial charge in [0.2, 0.25) is 5.91 Å². The molecule has 1 aromatic rings. The highest BCUT2D eigenvalue weighted by atomic mass is 127. The van der Waals surface area contributed by atoms with Gasteiger partial charge in [-0.2, -0.15) is 0 Å². The molecular formula is C13H17IN2O2S. The first-order chi connectivity index (χ1) is 9.06. The van der Waals surface area contributed by atoms with E-state index in [2.05, 4.69) is 27.9 Å². The van der Waals surface area contributed by atoms with Crippen molar-refractivity contribution in [1.29, 1.82) is 0 Å². The van der Waals surface area contributed by atoms with Gasteiger partial charge in [-0.15, -0.1) is 11.3 Å². The number of carbonyl (C=O) groups is 2. The number of thiophene rings is 1. The van der Waals surface area contributed by atoms with E-state index in [1.54, 1.807) is 11.3 Å². The molecule has 1 aliphatic heterocycles. The Labute approximate surface area is 130 Å². The van der Waals surface area contributed by atoms with Crippen molar-refractivity contribution in [3.63, 3.8) is 0 Å². The van der Waals surface area contributed by atoms with E-state index >= 15 is 0 Å². The molecule has 0 saturated carbocycles. The number of piperidine rings is 1. The summed E-state index contributed by atoms with van der Waals surface area (Å²) in [5.74, 6) is 0.652. The highest BCUT2D eigenvalue weighted by Crippen LogP contribution is 2.22. The molecule has 0 unspecified atom stereocenters. The molecule has 1 saturated heterocycles. The quantitative estimate of drug-likeness (QED) is 0.803. The van der Waals surface area contributed by atoms with Crippen LogP contribution in [-0.2, 0) is 4.79 Å². The van der Waals surface area contributed by atoms with Crippen LogP contribution in [0.4, 0.5) is 0 Å². The summed E-state index contributed by atoms with van der Waals surface area (Å²) >= 11 is 3.83. The van der Waals surface area contributed by atoms with Crippen LogP contribution in [0.2, 0.25) is 0 Å². The summed E-state index contributed by atoms with van der Waals surface area (Å²) in [5.41, 5.74) is 0.801. The number of amides is 2. The Morgan fingerprint density at radius 1 is 1.47 bits per heavy atom.